The van der Waals surface area contributed by atoms with E-state index in [1.807, 2.05) is 14.5 Å². The number of hydrogen-bond donors (Lipinski definition) is 0. The molecule has 0 aliphatic heterocycles. The van der Waals surface area contributed by atoms with Crippen LogP contribution in [0.1, 0.15) is 69.4 Å². The van der Waals surface area contributed by atoms with Crippen molar-refractivity contribution in [3.8, 4) is 0 Å². The van der Waals surface area contributed by atoms with Crippen molar-refractivity contribution in [3.05, 3.63) is 61.5 Å². The number of rotatable bonds is 4. The van der Waals surface area contributed by atoms with Gasteiger partial charge < -0.3 is 48.0 Å². The summed E-state index contributed by atoms with van der Waals surface area (Å²) in [6, 6.07) is 9.05. The Bertz CT molecular complexity index is 714. The summed E-state index contributed by atoms with van der Waals surface area (Å²) in [5.74, 6) is 0.686. The molecule has 0 saturated heterocycles. The molecule has 2 atom stereocenters. The van der Waals surface area contributed by atoms with Crippen molar-refractivity contribution in [1.29, 1.82) is 0 Å². The fraction of sp³-hybridized carbons (Fsp3) is 0.455. The van der Waals surface area contributed by atoms with E-state index in [0.717, 1.165) is 3.67 Å². The van der Waals surface area contributed by atoms with Crippen molar-refractivity contribution in [2.75, 3.05) is 0 Å². The molecular weight excluding hydrogens is 697 g/mol. The maximum absolute atomic E-state index is 2.63. The van der Waals surface area contributed by atoms with Gasteiger partial charge in [0.25, 0.3) is 0 Å². The van der Waals surface area contributed by atoms with Crippen LogP contribution in [0.15, 0.2) is 50.4 Å². The van der Waals surface area contributed by atoms with Crippen LogP contribution >= 0.6 is 0 Å². The summed E-state index contributed by atoms with van der Waals surface area (Å²) < 4.78 is 2.76. The van der Waals surface area contributed by atoms with Crippen LogP contribution in [0, 0.1) is 0 Å². The molecule has 1 aromatic carbocycles. The predicted octanol–water partition coefficient (Wildman–Crippen LogP) is 0.634. The van der Waals surface area contributed by atoms with Crippen molar-refractivity contribution in [3.63, 3.8) is 0 Å². The van der Waals surface area contributed by atoms with Gasteiger partial charge in [0.15, 0.2) is 0 Å². The quantitative estimate of drug-likeness (QED) is 0.317. The number of halogens is 2. The summed E-state index contributed by atoms with van der Waals surface area (Å²) in [5.41, 5.74) is 8.52. The van der Waals surface area contributed by atoms with E-state index < -0.39 is 22.9 Å². The second-order valence-electron chi connectivity index (χ2n) is 7.25. The normalized spacial score (nSPS) is 23.6. The molecule has 25 heavy (non-hydrogen) atoms. The number of fused-ring (bicyclic) bond motifs is 1. The van der Waals surface area contributed by atoms with Gasteiger partial charge in [-0.05, 0) is 0 Å². The Hall–Kier alpha value is 0.770. The van der Waals surface area contributed by atoms with E-state index in [1.54, 1.807) is 11.1 Å². The van der Waals surface area contributed by atoms with Gasteiger partial charge in [-0.15, -0.1) is 0 Å². The van der Waals surface area contributed by atoms with Gasteiger partial charge in [-0.2, -0.15) is 0 Å². The molecule has 0 fully saturated rings. The molecule has 3 aliphatic rings. The first-order valence-corrected chi connectivity index (χ1v) is 13.1. The van der Waals surface area contributed by atoms with Gasteiger partial charge in [0.05, 0.1) is 0 Å². The number of allylic oxidation sites excluding steroid dienone is 5. The summed E-state index contributed by atoms with van der Waals surface area (Å²) in [4.78, 5) is 0. The van der Waals surface area contributed by atoms with Crippen molar-refractivity contribution < 1.29 is 70.9 Å². The average Bonchev–Trinajstić information content (AvgIpc) is 3.08. The molecule has 0 saturated carbocycles. The minimum Gasteiger partial charge on any atom is -1.00 e. The topological polar surface area (TPSA) is 0 Å². The van der Waals surface area contributed by atoms with Crippen LogP contribution in [0.25, 0.3) is 6.08 Å². The van der Waals surface area contributed by atoms with E-state index in [4.69, 9.17) is 0 Å². The van der Waals surface area contributed by atoms with Crippen molar-refractivity contribution >= 4 is 6.08 Å². The molecule has 1 aromatic rings. The molecule has 0 nitrogen and oxygen atoms in total. The van der Waals surface area contributed by atoms with Gasteiger partial charge in [-0.3, -0.25) is 0 Å². The molecule has 2 unspecified atom stereocenters. The number of hydrogen-bond acceptors (Lipinski definition) is 0. The van der Waals surface area contributed by atoms with Crippen molar-refractivity contribution in [2.24, 2.45) is 0 Å². The van der Waals surface area contributed by atoms with Crippen LogP contribution in [-0.4, -0.2) is 0 Å². The summed E-state index contributed by atoms with van der Waals surface area (Å²) in [6.07, 6.45) is 13.4. The zero-order valence-electron chi connectivity index (χ0n) is 15.1. The molecule has 0 bridgehead atoms. The molecule has 0 aromatic heterocycles. The zero-order valence-corrected chi connectivity index (χ0v) is 23.0. The third-order valence-electron chi connectivity index (χ3n) is 5.72. The maximum Gasteiger partial charge on any atom is -1.00 e. The molecule has 3 aliphatic carbocycles. The van der Waals surface area contributed by atoms with Gasteiger partial charge >= 0.3 is 152 Å². The monoisotopic (exact) mass is 724 g/mol. The Morgan fingerprint density at radius 2 is 1.80 bits per heavy atom. The number of benzene rings is 1. The van der Waals surface area contributed by atoms with Crippen LogP contribution < -0.4 is 48.0 Å². The molecule has 0 spiro atoms. The smallest absolute Gasteiger partial charge is 1.00 e. The van der Waals surface area contributed by atoms with E-state index in [9.17, 15) is 0 Å². The van der Waals surface area contributed by atoms with Gasteiger partial charge in [0.1, 0.15) is 0 Å². The fourth-order valence-electron chi connectivity index (χ4n) is 4.49. The predicted molar refractivity (Wildman–Crippen MR) is 95.1 cm³/mol. The minimum atomic E-state index is -0.844. The molecule has 4 rings (SSSR count). The Morgan fingerprint density at radius 1 is 1.04 bits per heavy atom. The van der Waals surface area contributed by atoms with Crippen LogP contribution in [-0.2, 0) is 22.9 Å². The third-order valence-corrected chi connectivity index (χ3v) is 12.6. The van der Waals surface area contributed by atoms with Crippen LogP contribution in [0.2, 0.25) is 3.67 Å². The first-order valence-electron chi connectivity index (χ1n) is 9.27. The standard InChI is InChI=1S/C12H17.C10H9.Hf.2HI/c1-2-5-10-8-11-6-3-4-7-12(11)9-10;1-8-6-7-9-4-2-3-5-10(8)9;;;/h8-9H,2-7H2,1H3;2-5,7-8H,1H3;;2*1H/q;;+2;;/p-2. The van der Waals surface area contributed by atoms with Crippen molar-refractivity contribution in [1.82, 2.24) is 0 Å². The van der Waals surface area contributed by atoms with E-state index in [2.05, 4.69) is 50.3 Å². The van der Waals surface area contributed by atoms with Crippen LogP contribution in [0.3, 0.4) is 0 Å². The maximum atomic E-state index is 2.63. The molecule has 3 heteroatoms. The minimum absolute atomic E-state index is 0. The SMILES string of the molecule is CCCC1=CC2=C(CCCC2)[CH]1[Hf+2][C]1=Cc2ccccc2C1C.[I-].[I-]. The van der Waals surface area contributed by atoms with Crippen molar-refractivity contribution in [2.45, 2.75) is 62.0 Å². The van der Waals surface area contributed by atoms with E-state index in [0.29, 0.717) is 5.92 Å². The second-order valence-corrected chi connectivity index (χ2v) is 12.4. The molecule has 132 valence electrons. The summed E-state index contributed by atoms with van der Waals surface area (Å²) >= 11 is -0.844. The van der Waals surface area contributed by atoms with Gasteiger partial charge in [0, 0.05) is 0 Å². The second kappa shape index (κ2) is 9.81. The Kier molecular flexibility index (Phi) is 8.66. The van der Waals surface area contributed by atoms with Crippen LogP contribution in [0.4, 0.5) is 0 Å². The Labute approximate surface area is 198 Å². The van der Waals surface area contributed by atoms with E-state index >= 15 is 0 Å². The molecular formula is C22H26HfI2. The van der Waals surface area contributed by atoms with Gasteiger partial charge in [-0.1, -0.05) is 0 Å². The third kappa shape index (κ3) is 4.44. The fourth-order valence-corrected chi connectivity index (χ4v) is 11.3. The van der Waals surface area contributed by atoms with Gasteiger partial charge in [-0.25, -0.2) is 0 Å². The first-order chi connectivity index (χ1) is 11.3. The van der Waals surface area contributed by atoms with E-state index in [1.165, 1.54) is 44.1 Å². The zero-order chi connectivity index (χ0) is 15.8. The molecule has 0 amide bonds. The first kappa shape index (κ1) is 22.1. The molecule has 0 N–H and O–H groups in total. The molecule has 0 heterocycles. The summed E-state index contributed by atoms with van der Waals surface area (Å²) in [7, 11) is 0. The Balaban J connectivity index is 0.00000113. The Morgan fingerprint density at radius 3 is 2.56 bits per heavy atom. The van der Waals surface area contributed by atoms with E-state index in [-0.39, 0.29) is 48.0 Å². The average molecular weight is 723 g/mol. The summed E-state index contributed by atoms with van der Waals surface area (Å²) in [6.45, 7) is 4.79. The van der Waals surface area contributed by atoms with Crippen LogP contribution in [0.5, 0.6) is 0 Å². The summed E-state index contributed by atoms with van der Waals surface area (Å²) in [5, 5.41) is 0. The largest absolute Gasteiger partial charge is 1.00 e. The van der Waals surface area contributed by atoms with Gasteiger partial charge in [0.2, 0.25) is 0 Å². The molecule has 0 radical (unpaired) electrons.